The van der Waals surface area contributed by atoms with Gasteiger partial charge in [0.1, 0.15) is 0 Å². The third-order valence-corrected chi connectivity index (χ3v) is 6.61. The minimum absolute atomic E-state index is 0.129. The summed E-state index contributed by atoms with van der Waals surface area (Å²) in [6.45, 7) is 3.16. The number of pyridine rings is 1. The monoisotopic (exact) mass is 409 g/mol. The molecular formula is C23H27N3O4. The normalized spacial score (nSPS) is 27.6. The van der Waals surface area contributed by atoms with Crippen LogP contribution in [0.15, 0.2) is 42.7 Å². The smallest absolute Gasteiger partial charge is 0.255 e. The maximum atomic E-state index is 12.9. The van der Waals surface area contributed by atoms with Gasteiger partial charge in [-0.2, -0.15) is 0 Å². The number of carbonyl (C=O) groups is 1. The number of hydrogen-bond donors (Lipinski definition) is 2. The molecule has 5 rings (SSSR count). The summed E-state index contributed by atoms with van der Waals surface area (Å²) in [6, 6.07) is 9.15. The van der Waals surface area contributed by atoms with E-state index in [9.17, 15) is 9.90 Å². The Hall–Kier alpha value is -2.64. The predicted octanol–water partition coefficient (Wildman–Crippen LogP) is 1.85. The molecule has 0 spiro atoms. The van der Waals surface area contributed by atoms with E-state index in [4.69, 9.17) is 9.47 Å². The van der Waals surface area contributed by atoms with Crippen LogP contribution >= 0.6 is 0 Å². The number of aliphatic hydroxyl groups is 1. The van der Waals surface area contributed by atoms with E-state index in [1.165, 1.54) is 5.56 Å². The second-order valence-corrected chi connectivity index (χ2v) is 8.55. The van der Waals surface area contributed by atoms with Crippen molar-refractivity contribution < 1.29 is 19.4 Å². The average molecular weight is 409 g/mol. The van der Waals surface area contributed by atoms with E-state index >= 15 is 0 Å². The Bertz CT molecular complexity index is 907. The first-order chi connectivity index (χ1) is 14.7. The Morgan fingerprint density at radius 3 is 2.87 bits per heavy atom. The van der Waals surface area contributed by atoms with Gasteiger partial charge in [0, 0.05) is 32.0 Å². The third-order valence-electron chi connectivity index (χ3n) is 6.61. The molecule has 2 fully saturated rings. The second kappa shape index (κ2) is 8.24. The van der Waals surface area contributed by atoms with Gasteiger partial charge in [-0.25, -0.2) is 0 Å². The molecule has 1 aliphatic carbocycles. The maximum absolute atomic E-state index is 12.9. The number of aliphatic hydroxyl groups excluding tert-OH is 1. The number of hydrogen-bond acceptors (Lipinski definition) is 6. The summed E-state index contributed by atoms with van der Waals surface area (Å²) in [6.07, 6.45) is 5.71. The molecule has 2 aliphatic heterocycles. The molecule has 0 unspecified atom stereocenters. The van der Waals surface area contributed by atoms with Gasteiger partial charge in [0.2, 0.25) is 6.79 Å². The number of benzene rings is 1. The van der Waals surface area contributed by atoms with Gasteiger partial charge >= 0.3 is 0 Å². The first-order valence-corrected chi connectivity index (χ1v) is 10.7. The molecule has 1 saturated carbocycles. The highest BCUT2D eigenvalue weighted by Gasteiger charge is 2.42. The molecule has 1 aromatic heterocycles. The van der Waals surface area contributed by atoms with Crippen molar-refractivity contribution in [2.75, 3.05) is 26.4 Å². The summed E-state index contributed by atoms with van der Waals surface area (Å²) in [5.41, 5.74) is 1.71. The lowest BCUT2D eigenvalue weighted by Crippen LogP contribution is -2.49. The molecule has 3 heterocycles. The zero-order chi connectivity index (χ0) is 20.5. The zero-order valence-electron chi connectivity index (χ0n) is 16.9. The Morgan fingerprint density at radius 1 is 1.17 bits per heavy atom. The Morgan fingerprint density at radius 2 is 2.03 bits per heavy atom. The topological polar surface area (TPSA) is 83.9 Å². The summed E-state index contributed by atoms with van der Waals surface area (Å²) >= 11 is 0. The summed E-state index contributed by atoms with van der Waals surface area (Å²) in [5, 5.41) is 13.8. The SMILES string of the molecule is O=C(N[C@H]1C[C@H]2CN(CCc3cccnc3)C[C@H]2C[C@@H]1O)c1cccc2c1OCO2. The van der Waals surface area contributed by atoms with Crippen LogP contribution in [0.1, 0.15) is 28.8 Å². The van der Waals surface area contributed by atoms with Crippen LogP contribution in [0, 0.1) is 11.8 Å². The summed E-state index contributed by atoms with van der Waals surface area (Å²) in [4.78, 5) is 19.5. The third kappa shape index (κ3) is 3.87. The number of aromatic nitrogens is 1. The van der Waals surface area contributed by atoms with Crippen molar-refractivity contribution in [3.8, 4) is 11.5 Å². The van der Waals surface area contributed by atoms with Crippen LogP contribution in [0.5, 0.6) is 11.5 Å². The number of likely N-dealkylation sites (tertiary alicyclic amines) is 1. The van der Waals surface area contributed by atoms with Crippen LogP contribution in [-0.2, 0) is 6.42 Å². The van der Waals surface area contributed by atoms with Crippen LogP contribution in [0.25, 0.3) is 0 Å². The van der Waals surface area contributed by atoms with E-state index in [-0.39, 0.29) is 18.7 Å². The molecule has 0 radical (unpaired) electrons. The fourth-order valence-corrected chi connectivity index (χ4v) is 5.05. The van der Waals surface area contributed by atoms with Gasteiger partial charge in [-0.1, -0.05) is 12.1 Å². The van der Waals surface area contributed by atoms with Crippen molar-refractivity contribution >= 4 is 5.91 Å². The molecule has 1 aromatic carbocycles. The maximum Gasteiger partial charge on any atom is 0.255 e. The number of nitrogens with one attached hydrogen (secondary N) is 1. The molecular weight excluding hydrogens is 382 g/mol. The summed E-state index contributed by atoms with van der Waals surface area (Å²) < 4.78 is 10.8. The van der Waals surface area contributed by atoms with Gasteiger partial charge in [-0.15, -0.1) is 0 Å². The van der Waals surface area contributed by atoms with E-state index in [1.54, 1.807) is 24.4 Å². The molecule has 3 aliphatic rings. The van der Waals surface area contributed by atoms with Crippen molar-refractivity contribution in [1.82, 2.24) is 15.2 Å². The standard InChI is InChI=1S/C23H27N3O4/c27-20-10-17-13-26(8-6-15-3-2-7-24-11-15)12-16(17)9-19(20)25-23(28)18-4-1-5-21-22(18)30-14-29-21/h1-5,7,11,16-17,19-20,27H,6,8-10,12-14H2,(H,25,28)/t16-,17+,19-,20-/m0/s1. The summed E-state index contributed by atoms with van der Waals surface area (Å²) in [5.74, 6) is 1.84. The van der Waals surface area contributed by atoms with Gasteiger partial charge in [-0.3, -0.25) is 9.78 Å². The van der Waals surface area contributed by atoms with E-state index in [2.05, 4.69) is 21.3 Å². The van der Waals surface area contributed by atoms with Gasteiger partial charge in [0.25, 0.3) is 5.91 Å². The zero-order valence-corrected chi connectivity index (χ0v) is 16.9. The van der Waals surface area contributed by atoms with Crippen molar-refractivity contribution in [3.63, 3.8) is 0 Å². The quantitative estimate of drug-likeness (QED) is 0.784. The lowest BCUT2D eigenvalue weighted by atomic mass is 9.77. The van der Waals surface area contributed by atoms with Crippen LogP contribution < -0.4 is 14.8 Å². The molecule has 1 amide bonds. The van der Waals surface area contributed by atoms with Gasteiger partial charge in [0.05, 0.1) is 17.7 Å². The highest BCUT2D eigenvalue weighted by molar-refractivity contribution is 5.98. The highest BCUT2D eigenvalue weighted by Crippen LogP contribution is 2.38. The summed E-state index contributed by atoms with van der Waals surface area (Å²) in [7, 11) is 0. The lowest BCUT2D eigenvalue weighted by Gasteiger charge is -2.35. The minimum Gasteiger partial charge on any atom is -0.454 e. The van der Waals surface area contributed by atoms with Crippen molar-refractivity contribution in [2.24, 2.45) is 11.8 Å². The van der Waals surface area contributed by atoms with Crippen molar-refractivity contribution in [3.05, 3.63) is 53.9 Å². The van der Waals surface area contributed by atoms with Crippen molar-refractivity contribution in [2.45, 2.75) is 31.4 Å². The average Bonchev–Trinajstić information content (AvgIpc) is 3.39. The minimum atomic E-state index is -0.526. The number of carbonyl (C=O) groups excluding carboxylic acids is 1. The molecule has 4 atom stereocenters. The van der Waals surface area contributed by atoms with Crippen LogP contribution in [0.2, 0.25) is 0 Å². The van der Waals surface area contributed by atoms with E-state index < -0.39 is 6.10 Å². The molecule has 2 N–H and O–H groups in total. The van der Waals surface area contributed by atoms with Crippen molar-refractivity contribution in [1.29, 1.82) is 0 Å². The molecule has 0 bridgehead atoms. The molecule has 7 heteroatoms. The number of fused-ring (bicyclic) bond motifs is 2. The molecule has 30 heavy (non-hydrogen) atoms. The van der Waals surface area contributed by atoms with Gasteiger partial charge in [0.15, 0.2) is 11.5 Å². The largest absolute Gasteiger partial charge is 0.454 e. The predicted molar refractivity (Wildman–Crippen MR) is 110 cm³/mol. The molecule has 2 aromatic rings. The Balaban J connectivity index is 1.19. The second-order valence-electron chi connectivity index (χ2n) is 8.55. The number of rotatable bonds is 5. The lowest BCUT2D eigenvalue weighted by molar-refractivity contribution is 0.0460. The van der Waals surface area contributed by atoms with Crippen LogP contribution in [0.4, 0.5) is 0 Å². The highest BCUT2D eigenvalue weighted by atomic mass is 16.7. The Kier molecular flexibility index (Phi) is 5.31. The number of ether oxygens (including phenoxy) is 2. The Labute approximate surface area is 176 Å². The van der Waals surface area contributed by atoms with E-state index in [1.807, 2.05) is 12.3 Å². The first kappa shape index (κ1) is 19.3. The van der Waals surface area contributed by atoms with Gasteiger partial charge in [-0.05, 0) is 54.9 Å². The fraction of sp³-hybridized carbons (Fsp3) is 0.478. The van der Waals surface area contributed by atoms with Gasteiger partial charge < -0.3 is 24.8 Å². The molecule has 1 saturated heterocycles. The van der Waals surface area contributed by atoms with Crippen LogP contribution in [0.3, 0.4) is 0 Å². The number of nitrogens with zero attached hydrogens (tertiary/aromatic N) is 2. The van der Waals surface area contributed by atoms with E-state index in [0.717, 1.165) is 38.9 Å². The fourth-order valence-electron chi connectivity index (χ4n) is 5.05. The number of amides is 1. The van der Waals surface area contributed by atoms with Crippen LogP contribution in [-0.4, -0.2) is 59.5 Å². The van der Waals surface area contributed by atoms with E-state index in [0.29, 0.717) is 28.9 Å². The molecule has 158 valence electrons. The molecule has 7 nitrogen and oxygen atoms in total. The first-order valence-electron chi connectivity index (χ1n) is 10.7. The number of para-hydroxylation sites is 1.